The van der Waals surface area contributed by atoms with E-state index in [9.17, 15) is 0 Å². The molecule has 0 bridgehead atoms. The van der Waals surface area contributed by atoms with Crippen molar-refractivity contribution in [2.45, 2.75) is 32.7 Å². The van der Waals surface area contributed by atoms with E-state index in [0.29, 0.717) is 24.4 Å². The third kappa shape index (κ3) is 4.35. The molecule has 21 heavy (non-hydrogen) atoms. The Balaban J connectivity index is 2.19. The summed E-state index contributed by atoms with van der Waals surface area (Å²) in [7, 11) is 0. The number of nitrogens with zero attached hydrogens (tertiary/aromatic N) is 6. The molecule has 0 spiro atoms. The lowest BCUT2D eigenvalue weighted by Crippen LogP contribution is -2.19. The van der Waals surface area contributed by atoms with Crippen LogP contribution in [0.4, 0.5) is 11.9 Å². The van der Waals surface area contributed by atoms with Crippen molar-refractivity contribution in [3.05, 3.63) is 12.7 Å². The van der Waals surface area contributed by atoms with Gasteiger partial charge < -0.3 is 15.7 Å². The predicted molar refractivity (Wildman–Crippen MR) is 78.3 cm³/mol. The van der Waals surface area contributed by atoms with Crippen LogP contribution in [0.1, 0.15) is 26.7 Å². The molecule has 0 amide bonds. The predicted octanol–water partition coefficient (Wildman–Crippen LogP) is 0.457. The minimum Gasteiger partial charge on any atom is -0.396 e. The Labute approximate surface area is 122 Å². The number of hydrogen-bond donors (Lipinski definition) is 3. The van der Waals surface area contributed by atoms with Crippen molar-refractivity contribution in [3.63, 3.8) is 0 Å². The molecule has 2 aromatic rings. The van der Waals surface area contributed by atoms with Crippen LogP contribution in [-0.2, 0) is 0 Å². The zero-order chi connectivity index (χ0) is 15.1. The first-order valence-corrected chi connectivity index (χ1v) is 6.95. The third-order valence-corrected chi connectivity index (χ3v) is 2.75. The quantitative estimate of drug-likeness (QED) is 0.643. The second kappa shape index (κ2) is 7.48. The zero-order valence-corrected chi connectivity index (χ0v) is 12.2. The highest BCUT2D eigenvalue weighted by Gasteiger charge is 2.10. The maximum absolute atomic E-state index is 8.87. The molecule has 2 aromatic heterocycles. The molecule has 114 valence electrons. The summed E-state index contributed by atoms with van der Waals surface area (Å²) in [6.45, 7) is 4.87. The molecule has 0 fully saturated rings. The second-order valence-corrected chi connectivity index (χ2v) is 4.56. The van der Waals surface area contributed by atoms with Gasteiger partial charge in [-0.05, 0) is 26.7 Å². The number of aliphatic hydroxyl groups excluding tert-OH is 1. The van der Waals surface area contributed by atoms with Gasteiger partial charge >= 0.3 is 0 Å². The molecule has 0 saturated carbocycles. The van der Waals surface area contributed by atoms with Gasteiger partial charge in [0.2, 0.25) is 11.9 Å². The van der Waals surface area contributed by atoms with Crippen LogP contribution in [0.15, 0.2) is 12.7 Å². The van der Waals surface area contributed by atoms with Gasteiger partial charge in [0.05, 0.1) is 0 Å². The first-order chi connectivity index (χ1) is 10.2. The van der Waals surface area contributed by atoms with Crippen molar-refractivity contribution in [1.29, 1.82) is 0 Å². The number of nitrogens with one attached hydrogen (secondary N) is 2. The van der Waals surface area contributed by atoms with E-state index >= 15 is 0 Å². The molecule has 3 N–H and O–H groups in total. The zero-order valence-electron chi connectivity index (χ0n) is 12.2. The van der Waals surface area contributed by atoms with Gasteiger partial charge in [0.25, 0.3) is 5.95 Å². The Morgan fingerprint density at radius 2 is 2.10 bits per heavy atom. The summed E-state index contributed by atoms with van der Waals surface area (Å²) in [6.07, 6.45) is 4.52. The van der Waals surface area contributed by atoms with Crippen LogP contribution >= 0.6 is 0 Å². The van der Waals surface area contributed by atoms with Crippen molar-refractivity contribution in [1.82, 2.24) is 29.7 Å². The maximum atomic E-state index is 8.87. The van der Waals surface area contributed by atoms with E-state index in [0.717, 1.165) is 12.8 Å². The van der Waals surface area contributed by atoms with E-state index in [1.807, 2.05) is 13.8 Å². The van der Waals surface area contributed by atoms with Crippen LogP contribution in [0.2, 0.25) is 0 Å². The molecule has 0 aliphatic rings. The van der Waals surface area contributed by atoms with Crippen molar-refractivity contribution >= 4 is 11.9 Å². The molecule has 0 aliphatic carbocycles. The molecule has 9 heteroatoms. The topological polar surface area (TPSA) is 114 Å². The van der Waals surface area contributed by atoms with E-state index < -0.39 is 0 Å². The summed E-state index contributed by atoms with van der Waals surface area (Å²) in [4.78, 5) is 16.8. The monoisotopic (exact) mass is 292 g/mol. The standard InChI is InChI=1S/C12H20N8O/c1-3-14-10-17-11(16-9(2)5-4-6-21)19-12(18-10)20-8-13-7-15-20/h7-9,21H,3-6H2,1-2H3,(H2,14,16,17,18,19). The largest absolute Gasteiger partial charge is 0.396 e. The molecule has 0 aromatic carbocycles. The Morgan fingerprint density at radius 3 is 2.76 bits per heavy atom. The lowest BCUT2D eigenvalue weighted by molar-refractivity contribution is 0.282. The Hall–Kier alpha value is -2.29. The highest BCUT2D eigenvalue weighted by Crippen LogP contribution is 2.10. The Morgan fingerprint density at radius 1 is 1.29 bits per heavy atom. The Kier molecular flexibility index (Phi) is 5.38. The van der Waals surface area contributed by atoms with E-state index in [1.54, 1.807) is 0 Å². The molecule has 0 radical (unpaired) electrons. The number of aliphatic hydroxyl groups is 1. The second-order valence-electron chi connectivity index (χ2n) is 4.56. The summed E-state index contributed by atoms with van der Waals surface area (Å²) in [6, 6.07) is 0.151. The first-order valence-electron chi connectivity index (χ1n) is 6.95. The van der Waals surface area contributed by atoms with Gasteiger partial charge in [0.1, 0.15) is 12.7 Å². The molecule has 2 rings (SSSR count). The van der Waals surface area contributed by atoms with Gasteiger partial charge in [-0.1, -0.05) is 0 Å². The van der Waals surface area contributed by atoms with Crippen molar-refractivity contribution in [3.8, 4) is 5.95 Å². The molecular formula is C12H20N8O. The van der Waals surface area contributed by atoms with Crippen LogP contribution < -0.4 is 10.6 Å². The fourth-order valence-electron chi connectivity index (χ4n) is 1.77. The number of hydrogen-bond acceptors (Lipinski definition) is 8. The highest BCUT2D eigenvalue weighted by atomic mass is 16.2. The van der Waals surface area contributed by atoms with E-state index in [-0.39, 0.29) is 12.6 Å². The average molecular weight is 292 g/mol. The van der Waals surface area contributed by atoms with Crippen LogP contribution in [0.3, 0.4) is 0 Å². The summed E-state index contributed by atoms with van der Waals surface area (Å²) < 4.78 is 1.48. The van der Waals surface area contributed by atoms with Crippen molar-refractivity contribution in [2.24, 2.45) is 0 Å². The summed E-state index contributed by atoms with van der Waals surface area (Å²) in [5.41, 5.74) is 0. The molecule has 0 aliphatic heterocycles. The summed E-state index contributed by atoms with van der Waals surface area (Å²) >= 11 is 0. The average Bonchev–Trinajstić information content (AvgIpc) is 2.99. The summed E-state index contributed by atoms with van der Waals surface area (Å²) in [5.74, 6) is 1.35. The van der Waals surface area contributed by atoms with Crippen LogP contribution in [0.5, 0.6) is 0 Å². The van der Waals surface area contributed by atoms with Crippen LogP contribution in [-0.4, -0.2) is 54.0 Å². The molecule has 1 atom stereocenters. The van der Waals surface area contributed by atoms with E-state index in [2.05, 4.69) is 35.7 Å². The van der Waals surface area contributed by atoms with Crippen LogP contribution in [0.25, 0.3) is 5.95 Å². The van der Waals surface area contributed by atoms with Gasteiger partial charge in [-0.15, -0.1) is 0 Å². The van der Waals surface area contributed by atoms with Gasteiger partial charge in [-0.3, -0.25) is 0 Å². The maximum Gasteiger partial charge on any atom is 0.258 e. The number of anilines is 2. The van der Waals surface area contributed by atoms with Crippen molar-refractivity contribution < 1.29 is 5.11 Å². The molecular weight excluding hydrogens is 272 g/mol. The Bertz CT molecular complexity index is 544. The fourth-order valence-corrected chi connectivity index (χ4v) is 1.77. The van der Waals surface area contributed by atoms with E-state index in [1.165, 1.54) is 17.3 Å². The normalized spacial score (nSPS) is 12.1. The first kappa shape index (κ1) is 15.1. The number of rotatable bonds is 8. The van der Waals surface area contributed by atoms with E-state index in [4.69, 9.17) is 5.11 Å². The fraction of sp³-hybridized carbons (Fsp3) is 0.583. The number of aromatic nitrogens is 6. The molecule has 2 heterocycles. The molecule has 1 unspecified atom stereocenters. The minimum absolute atomic E-state index is 0.151. The smallest absolute Gasteiger partial charge is 0.258 e. The summed E-state index contributed by atoms with van der Waals surface area (Å²) in [5, 5.41) is 19.2. The minimum atomic E-state index is 0.151. The van der Waals surface area contributed by atoms with Gasteiger partial charge in [-0.2, -0.15) is 24.7 Å². The SMILES string of the molecule is CCNc1nc(NC(C)CCCO)nc(-n2cncn2)n1. The molecule has 0 saturated heterocycles. The van der Waals surface area contributed by atoms with Crippen LogP contribution in [0, 0.1) is 0 Å². The third-order valence-electron chi connectivity index (χ3n) is 2.75. The highest BCUT2D eigenvalue weighted by molar-refractivity contribution is 5.38. The van der Waals surface area contributed by atoms with Crippen molar-refractivity contribution in [2.75, 3.05) is 23.8 Å². The molecule has 9 nitrogen and oxygen atoms in total. The lowest BCUT2D eigenvalue weighted by Gasteiger charge is -2.14. The van der Waals surface area contributed by atoms with Gasteiger partial charge in [0.15, 0.2) is 0 Å². The lowest BCUT2D eigenvalue weighted by atomic mass is 10.2. The van der Waals surface area contributed by atoms with Gasteiger partial charge in [0, 0.05) is 19.2 Å². The van der Waals surface area contributed by atoms with Gasteiger partial charge in [-0.25, -0.2) is 4.98 Å².